The monoisotopic (exact) mass is 435 g/mol. The normalized spacial score (nSPS) is 15.3. The first kappa shape index (κ1) is 21.9. The van der Waals surface area contributed by atoms with Gasteiger partial charge in [-0.2, -0.15) is 0 Å². The second-order valence-corrected chi connectivity index (χ2v) is 8.99. The molecule has 0 radical (unpaired) electrons. The van der Waals surface area contributed by atoms with Gasteiger partial charge in [0.25, 0.3) is 0 Å². The fourth-order valence-corrected chi connectivity index (χ4v) is 4.70. The fourth-order valence-electron chi connectivity index (χ4n) is 3.27. The molecule has 2 amide bonds. The third kappa shape index (κ3) is 7.50. The molecule has 0 unspecified atom stereocenters. The molecule has 2 N–H and O–H groups in total. The molecule has 1 saturated heterocycles. The van der Waals surface area contributed by atoms with Crippen molar-refractivity contribution in [3.8, 4) is 0 Å². The maximum Gasteiger partial charge on any atom is 0.231 e. The number of thiazole rings is 1. The number of carbonyl (C=O) groups is 2. The van der Waals surface area contributed by atoms with Gasteiger partial charge in [-0.1, -0.05) is 13.0 Å². The van der Waals surface area contributed by atoms with Crippen LogP contribution in [0.5, 0.6) is 0 Å². The average Bonchev–Trinajstić information content (AvgIpc) is 3.38. The largest absolute Gasteiger partial charge is 0.356 e. The van der Waals surface area contributed by atoms with E-state index >= 15 is 0 Å². The molecule has 2 aromatic rings. The van der Waals surface area contributed by atoms with Crippen molar-refractivity contribution < 1.29 is 9.59 Å². The van der Waals surface area contributed by atoms with Gasteiger partial charge in [0.15, 0.2) is 5.13 Å². The maximum atomic E-state index is 12.1. The van der Waals surface area contributed by atoms with Gasteiger partial charge >= 0.3 is 0 Å². The summed E-state index contributed by atoms with van der Waals surface area (Å²) in [5, 5.41) is 10.1. The predicted molar refractivity (Wildman–Crippen MR) is 119 cm³/mol. The van der Waals surface area contributed by atoms with Crippen molar-refractivity contribution in [1.82, 2.24) is 20.1 Å². The van der Waals surface area contributed by atoms with Crippen molar-refractivity contribution in [3.63, 3.8) is 0 Å². The van der Waals surface area contributed by atoms with E-state index in [-0.39, 0.29) is 18.2 Å². The van der Waals surface area contributed by atoms with Gasteiger partial charge in [0.05, 0.1) is 18.5 Å². The Bertz CT molecular complexity index is 770. The lowest BCUT2D eigenvalue weighted by Crippen LogP contribution is -2.46. The molecule has 1 aliphatic rings. The number of hydrogen-bond acceptors (Lipinski definition) is 7. The van der Waals surface area contributed by atoms with Crippen molar-refractivity contribution in [3.05, 3.63) is 33.5 Å². The summed E-state index contributed by atoms with van der Waals surface area (Å²) in [4.78, 5) is 34.5. The third-order valence-corrected chi connectivity index (χ3v) is 6.62. The topological polar surface area (TPSA) is 77.6 Å². The van der Waals surface area contributed by atoms with Crippen LogP contribution in [0.4, 0.5) is 5.13 Å². The number of hydrogen-bond donors (Lipinski definition) is 2. The van der Waals surface area contributed by atoms with Gasteiger partial charge in [-0.3, -0.25) is 9.59 Å². The van der Waals surface area contributed by atoms with Gasteiger partial charge in [0, 0.05) is 43.0 Å². The van der Waals surface area contributed by atoms with Crippen LogP contribution in [0.2, 0.25) is 0 Å². The van der Waals surface area contributed by atoms with E-state index in [9.17, 15) is 9.59 Å². The number of nitrogens with one attached hydrogen (secondary N) is 2. The van der Waals surface area contributed by atoms with Crippen LogP contribution in [0.3, 0.4) is 0 Å². The van der Waals surface area contributed by atoms with E-state index in [1.165, 1.54) is 11.3 Å². The first-order chi connectivity index (χ1) is 14.1. The lowest BCUT2D eigenvalue weighted by molar-refractivity contribution is -0.120. The molecule has 7 nitrogen and oxygen atoms in total. The molecule has 0 spiro atoms. The highest BCUT2D eigenvalue weighted by atomic mass is 32.1. The number of amides is 2. The Morgan fingerprint density at radius 1 is 1.10 bits per heavy atom. The van der Waals surface area contributed by atoms with Gasteiger partial charge in [-0.05, 0) is 31.0 Å². The second-order valence-electron chi connectivity index (χ2n) is 7.10. The zero-order valence-electron chi connectivity index (χ0n) is 16.9. The summed E-state index contributed by atoms with van der Waals surface area (Å²) in [5.41, 5.74) is 0.689. The summed E-state index contributed by atoms with van der Waals surface area (Å²) in [6.45, 7) is 9.54. The Kier molecular flexibility index (Phi) is 8.60. The van der Waals surface area contributed by atoms with Crippen LogP contribution >= 0.6 is 22.7 Å². The molecule has 29 heavy (non-hydrogen) atoms. The summed E-state index contributed by atoms with van der Waals surface area (Å²) in [6.07, 6.45) is 1.55. The Balaban J connectivity index is 1.30. The SMILES string of the molecule is CCN1CCN(CCCNC(=O)Cc2csc(NC(=O)Cc3cccs3)n2)CC1. The molecule has 2 aromatic heterocycles. The lowest BCUT2D eigenvalue weighted by atomic mass is 10.2. The third-order valence-electron chi connectivity index (χ3n) is 4.94. The Morgan fingerprint density at radius 3 is 2.62 bits per heavy atom. The molecule has 158 valence electrons. The lowest BCUT2D eigenvalue weighted by Gasteiger charge is -2.33. The van der Waals surface area contributed by atoms with E-state index in [2.05, 4.69) is 32.3 Å². The minimum atomic E-state index is -0.0856. The van der Waals surface area contributed by atoms with E-state index in [4.69, 9.17) is 0 Å². The molecule has 1 fully saturated rings. The van der Waals surface area contributed by atoms with Crippen molar-refractivity contribution >= 4 is 39.6 Å². The second kappa shape index (κ2) is 11.4. The Labute approximate surface area is 180 Å². The van der Waals surface area contributed by atoms with Crippen molar-refractivity contribution in [2.45, 2.75) is 26.2 Å². The highest BCUT2D eigenvalue weighted by Gasteiger charge is 2.15. The van der Waals surface area contributed by atoms with E-state index in [1.54, 1.807) is 11.3 Å². The summed E-state index contributed by atoms with van der Waals surface area (Å²) in [6, 6.07) is 3.87. The average molecular weight is 436 g/mol. The van der Waals surface area contributed by atoms with Crippen LogP contribution < -0.4 is 10.6 Å². The maximum absolute atomic E-state index is 12.1. The molecule has 0 atom stereocenters. The van der Waals surface area contributed by atoms with Crippen molar-refractivity contribution in [1.29, 1.82) is 0 Å². The van der Waals surface area contributed by atoms with Gasteiger partial charge in [0.2, 0.25) is 11.8 Å². The minimum Gasteiger partial charge on any atom is -0.356 e. The number of piperazine rings is 1. The molecule has 1 aliphatic heterocycles. The van der Waals surface area contributed by atoms with Gasteiger partial charge < -0.3 is 20.4 Å². The molecule has 9 heteroatoms. The van der Waals surface area contributed by atoms with E-state index in [1.807, 2.05) is 22.9 Å². The highest BCUT2D eigenvalue weighted by Crippen LogP contribution is 2.17. The van der Waals surface area contributed by atoms with Crippen molar-refractivity contribution in [2.75, 3.05) is 51.1 Å². The summed E-state index contributed by atoms with van der Waals surface area (Å²) < 4.78 is 0. The molecule has 0 aromatic carbocycles. The minimum absolute atomic E-state index is 0.0254. The van der Waals surface area contributed by atoms with Crippen LogP contribution in [0, 0.1) is 0 Å². The number of likely N-dealkylation sites (N-methyl/N-ethyl adjacent to an activating group) is 1. The molecule has 3 heterocycles. The van der Waals surface area contributed by atoms with Crippen molar-refractivity contribution in [2.24, 2.45) is 0 Å². The van der Waals surface area contributed by atoms with Crippen LogP contribution in [0.1, 0.15) is 23.9 Å². The number of nitrogens with zero attached hydrogens (tertiary/aromatic N) is 3. The number of anilines is 1. The van der Waals surface area contributed by atoms with Crippen LogP contribution in [0.25, 0.3) is 0 Å². The van der Waals surface area contributed by atoms with E-state index < -0.39 is 0 Å². The van der Waals surface area contributed by atoms with Crippen LogP contribution in [-0.4, -0.2) is 72.4 Å². The molecular formula is C20H29N5O2S2. The number of aromatic nitrogens is 1. The zero-order chi connectivity index (χ0) is 20.5. The smallest absolute Gasteiger partial charge is 0.231 e. The molecule has 0 bridgehead atoms. The van der Waals surface area contributed by atoms with E-state index in [0.29, 0.717) is 23.8 Å². The van der Waals surface area contributed by atoms with Gasteiger partial charge in [0.1, 0.15) is 0 Å². The quantitative estimate of drug-likeness (QED) is 0.559. The highest BCUT2D eigenvalue weighted by molar-refractivity contribution is 7.14. The summed E-state index contributed by atoms with van der Waals surface area (Å²) in [7, 11) is 0. The summed E-state index contributed by atoms with van der Waals surface area (Å²) in [5.74, 6) is -0.111. The first-order valence-corrected chi connectivity index (χ1v) is 11.9. The van der Waals surface area contributed by atoms with Gasteiger partial charge in [-0.15, -0.1) is 22.7 Å². The molecule has 3 rings (SSSR count). The molecule has 0 saturated carbocycles. The number of thiophene rings is 1. The number of rotatable bonds is 10. The van der Waals surface area contributed by atoms with E-state index in [0.717, 1.165) is 50.6 Å². The van der Waals surface area contributed by atoms with Crippen LogP contribution in [-0.2, 0) is 22.4 Å². The zero-order valence-corrected chi connectivity index (χ0v) is 18.5. The molecular weight excluding hydrogens is 406 g/mol. The van der Waals surface area contributed by atoms with Crippen LogP contribution in [0.15, 0.2) is 22.9 Å². The summed E-state index contributed by atoms with van der Waals surface area (Å²) >= 11 is 2.91. The fraction of sp³-hybridized carbons (Fsp3) is 0.550. The Morgan fingerprint density at radius 2 is 1.90 bits per heavy atom. The molecule has 0 aliphatic carbocycles. The standard InChI is InChI=1S/C20H29N5O2S2/c1-2-24-8-10-25(11-9-24)7-4-6-21-18(26)13-16-15-29-20(22-16)23-19(27)14-17-5-3-12-28-17/h3,5,12,15H,2,4,6-11,13-14H2,1H3,(H,21,26)(H,22,23,27). The first-order valence-electron chi connectivity index (χ1n) is 10.1. The predicted octanol–water partition coefficient (Wildman–Crippen LogP) is 2.07. The Hall–Kier alpha value is -1.81. The number of carbonyl (C=O) groups excluding carboxylic acids is 2. The van der Waals surface area contributed by atoms with Gasteiger partial charge in [-0.25, -0.2) is 4.98 Å².